The van der Waals surface area contributed by atoms with Crippen molar-refractivity contribution in [3.05, 3.63) is 42.0 Å². The molecule has 2 rings (SSSR count). The van der Waals surface area contributed by atoms with Crippen molar-refractivity contribution < 1.29 is 4.74 Å². The van der Waals surface area contributed by atoms with Crippen molar-refractivity contribution in [1.82, 2.24) is 5.32 Å². The molecule has 0 heterocycles. The van der Waals surface area contributed by atoms with Gasteiger partial charge >= 0.3 is 0 Å². The van der Waals surface area contributed by atoms with Crippen molar-refractivity contribution in [3.8, 4) is 0 Å². The van der Waals surface area contributed by atoms with Crippen LogP contribution in [0.15, 0.2) is 36.4 Å². The summed E-state index contributed by atoms with van der Waals surface area (Å²) in [6.45, 7) is 3.63. The monoisotopic (exact) mass is 244 g/mol. The summed E-state index contributed by atoms with van der Waals surface area (Å²) in [4.78, 5) is 0. The minimum Gasteiger partial charge on any atom is -0.398 e. The molecule has 0 saturated carbocycles. The minimum atomic E-state index is 0.215. The standard InChI is InChI=1S/C15H20N2O/c1-11(18-2)9-17-10-14-7-12-5-3-4-6-13(12)8-15(14)16/h3-8,11,17H,9-10,16H2,1-2H3. The molecule has 18 heavy (non-hydrogen) atoms. The van der Waals surface area contributed by atoms with Gasteiger partial charge in [-0.2, -0.15) is 0 Å². The zero-order valence-electron chi connectivity index (χ0n) is 10.9. The van der Waals surface area contributed by atoms with Gasteiger partial charge in [-0.3, -0.25) is 0 Å². The van der Waals surface area contributed by atoms with Gasteiger partial charge in [-0.15, -0.1) is 0 Å². The predicted octanol–water partition coefficient (Wildman–Crippen LogP) is 2.55. The first-order chi connectivity index (χ1) is 8.70. The molecule has 0 aliphatic rings. The summed E-state index contributed by atoms with van der Waals surface area (Å²) in [7, 11) is 1.72. The Bertz CT molecular complexity index is 525. The third-order valence-corrected chi connectivity index (χ3v) is 3.16. The van der Waals surface area contributed by atoms with E-state index in [0.717, 1.165) is 24.3 Å². The van der Waals surface area contributed by atoms with E-state index in [0.29, 0.717) is 0 Å². The van der Waals surface area contributed by atoms with Crippen LogP contribution in [0.1, 0.15) is 12.5 Å². The van der Waals surface area contributed by atoms with Gasteiger partial charge in [-0.25, -0.2) is 0 Å². The average molecular weight is 244 g/mol. The number of benzene rings is 2. The SMILES string of the molecule is COC(C)CNCc1cc2ccccc2cc1N. The Balaban J connectivity index is 2.10. The molecule has 0 radical (unpaired) electrons. The fourth-order valence-electron chi connectivity index (χ4n) is 1.95. The first-order valence-electron chi connectivity index (χ1n) is 6.21. The van der Waals surface area contributed by atoms with Gasteiger partial charge in [0.15, 0.2) is 0 Å². The van der Waals surface area contributed by atoms with Gasteiger partial charge in [0, 0.05) is 25.9 Å². The quantitative estimate of drug-likeness (QED) is 0.795. The highest BCUT2D eigenvalue weighted by molar-refractivity contribution is 5.86. The van der Waals surface area contributed by atoms with E-state index in [1.54, 1.807) is 7.11 Å². The fraction of sp³-hybridized carbons (Fsp3) is 0.333. The molecule has 3 N–H and O–H groups in total. The molecule has 0 bridgehead atoms. The first-order valence-corrected chi connectivity index (χ1v) is 6.21. The third kappa shape index (κ3) is 3.00. The number of fused-ring (bicyclic) bond motifs is 1. The highest BCUT2D eigenvalue weighted by atomic mass is 16.5. The van der Waals surface area contributed by atoms with Crippen molar-refractivity contribution in [2.75, 3.05) is 19.4 Å². The molecule has 0 aromatic heterocycles. The summed E-state index contributed by atoms with van der Waals surface area (Å²) in [5.41, 5.74) is 8.04. The Hall–Kier alpha value is -1.58. The van der Waals surface area contributed by atoms with Crippen LogP contribution in [0.4, 0.5) is 5.69 Å². The van der Waals surface area contributed by atoms with E-state index in [4.69, 9.17) is 10.5 Å². The fourth-order valence-corrected chi connectivity index (χ4v) is 1.95. The van der Waals surface area contributed by atoms with Crippen LogP contribution >= 0.6 is 0 Å². The molecule has 0 spiro atoms. The second-order valence-electron chi connectivity index (χ2n) is 4.58. The van der Waals surface area contributed by atoms with E-state index in [9.17, 15) is 0 Å². The van der Waals surface area contributed by atoms with Crippen LogP contribution in [0.25, 0.3) is 10.8 Å². The number of nitrogen functional groups attached to an aromatic ring is 1. The van der Waals surface area contributed by atoms with Gasteiger partial charge in [-0.1, -0.05) is 24.3 Å². The van der Waals surface area contributed by atoms with Crippen LogP contribution in [-0.4, -0.2) is 19.8 Å². The molecule has 0 saturated heterocycles. The molecular weight excluding hydrogens is 224 g/mol. The summed E-state index contributed by atoms with van der Waals surface area (Å²) in [5.74, 6) is 0. The molecule has 0 aliphatic heterocycles. The second-order valence-corrected chi connectivity index (χ2v) is 4.58. The number of rotatable bonds is 5. The minimum absolute atomic E-state index is 0.215. The molecule has 0 amide bonds. The topological polar surface area (TPSA) is 47.3 Å². The van der Waals surface area contributed by atoms with Gasteiger partial charge < -0.3 is 15.8 Å². The van der Waals surface area contributed by atoms with E-state index in [2.05, 4.69) is 23.5 Å². The number of ether oxygens (including phenoxy) is 1. The van der Waals surface area contributed by atoms with Crippen LogP contribution < -0.4 is 11.1 Å². The highest BCUT2D eigenvalue weighted by Crippen LogP contribution is 2.21. The zero-order valence-corrected chi connectivity index (χ0v) is 10.9. The Labute approximate surface area is 108 Å². The van der Waals surface area contributed by atoms with Crippen molar-refractivity contribution in [1.29, 1.82) is 0 Å². The Morgan fingerprint density at radius 1 is 1.22 bits per heavy atom. The molecule has 96 valence electrons. The van der Waals surface area contributed by atoms with Gasteiger partial charge in [0.2, 0.25) is 0 Å². The largest absolute Gasteiger partial charge is 0.398 e. The molecular formula is C15H20N2O. The van der Waals surface area contributed by atoms with Crippen LogP contribution in [0.3, 0.4) is 0 Å². The Morgan fingerprint density at radius 3 is 2.56 bits per heavy atom. The first kappa shape index (κ1) is 12.9. The van der Waals surface area contributed by atoms with Crippen molar-refractivity contribution >= 4 is 16.5 Å². The van der Waals surface area contributed by atoms with E-state index in [-0.39, 0.29) is 6.10 Å². The van der Waals surface area contributed by atoms with Crippen molar-refractivity contribution in [3.63, 3.8) is 0 Å². The number of hydrogen-bond acceptors (Lipinski definition) is 3. The smallest absolute Gasteiger partial charge is 0.0667 e. The summed E-state index contributed by atoms with van der Waals surface area (Å²) < 4.78 is 5.19. The normalized spacial score (nSPS) is 12.8. The molecule has 1 unspecified atom stereocenters. The van der Waals surface area contributed by atoms with Crippen molar-refractivity contribution in [2.45, 2.75) is 19.6 Å². The average Bonchev–Trinajstić information content (AvgIpc) is 2.39. The van der Waals surface area contributed by atoms with E-state index in [1.807, 2.05) is 25.1 Å². The molecule has 1 atom stereocenters. The summed E-state index contributed by atoms with van der Waals surface area (Å²) in [6.07, 6.45) is 0.215. The lowest BCUT2D eigenvalue weighted by atomic mass is 10.1. The number of methoxy groups -OCH3 is 1. The Morgan fingerprint density at radius 2 is 1.89 bits per heavy atom. The maximum atomic E-state index is 6.06. The molecule has 0 aliphatic carbocycles. The lowest BCUT2D eigenvalue weighted by Crippen LogP contribution is -2.25. The van der Waals surface area contributed by atoms with Gasteiger partial charge in [0.1, 0.15) is 0 Å². The van der Waals surface area contributed by atoms with Gasteiger partial charge in [0.05, 0.1) is 6.10 Å². The molecule has 3 heteroatoms. The lowest BCUT2D eigenvalue weighted by molar-refractivity contribution is 0.117. The maximum absolute atomic E-state index is 6.06. The summed E-state index contributed by atoms with van der Waals surface area (Å²) >= 11 is 0. The van der Waals surface area contributed by atoms with Crippen LogP contribution in [0.5, 0.6) is 0 Å². The summed E-state index contributed by atoms with van der Waals surface area (Å²) in [5, 5.41) is 5.76. The van der Waals surface area contributed by atoms with Crippen LogP contribution in [0.2, 0.25) is 0 Å². The number of hydrogen-bond donors (Lipinski definition) is 2. The maximum Gasteiger partial charge on any atom is 0.0667 e. The Kier molecular flexibility index (Phi) is 4.18. The third-order valence-electron chi connectivity index (χ3n) is 3.16. The second kappa shape index (κ2) is 5.85. The van der Waals surface area contributed by atoms with Gasteiger partial charge in [-0.05, 0) is 35.4 Å². The molecule has 3 nitrogen and oxygen atoms in total. The number of nitrogens with two attached hydrogens (primary N) is 1. The van der Waals surface area contributed by atoms with Crippen LogP contribution in [0, 0.1) is 0 Å². The predicted molar refractivity (Wildman–Crippen MR) is 76.5 cm³/mol. The van der Waals surface area contributed by atoms with E-state index < -0.39 is 0 Å². The molecule has 2 aromatic rings. The highest BCUT2D eigenvalue weighted by Gasteiger charge is 2.03. The number of nitrogens with one attached hydrogen (secondary N) is 1. The zero-order chi connectivity index (χ0) is 13.0. The molecule has 0 fully saturated rings. The van der Waals surface area contributed by atoms with E-state index >= 15 is 0 Å². The molecule has 2 aromatic carbocycles. The number of anilines is 1. The van der Waals surface area contributed by atoms with Crippen LogP contribution in [-0.2, 0) is 11.3 Å². The summed E-state index contributed by atoms with van der Waals surface area (Å²) in [6, 6.07) is 12.4. The lowest BCUT2D eigenvalue weighted by Gasteiger charge is -2.12. The van der Waals surface area contributed by atoms with Gasteiger partial charge in [0.25, 0.3) is 0 Å². The van der Waals surface area contributed by atoms with E-state index in [1.165, 1.54) is 10.8 Å². The van der Waals surface area contributed by atoms with Crippen molar-refractivity contribution in [2.24, 2.45) is 0 Å².